The smallest absolute Gasteiger partial charge is 0.306 e. The number of esters is 1. The van der Waals surface area contributed by atoms with E-state index < -0.39 is 5.60 Å². The fourth-order valence-corrected chi connectivity index (χ4v) is 2.73. The Morgan fingerprint density at radius 2 is 1.96 bits per heavy atom. The van der Waals surface area contributed by atoms with Crippen LogP contribution in [0.3, 0.4) is 0 Å². The molecule has 0 bridgehead atoms. The van der Waals surface area contributed by atoms with Crippen LogP contribution in [0.15, 0.2) is 54.6 Å². The summed E-state index contributed by atoms with van der Waals surface area (Å²) in [6.45, 7) is 7.42. The van der Waals surface area contributed by atoms with Crippen molar-refractivity contribution in [1.82, 2.24) is 5.32 Å². The van der Waals surface area contributed by atoms with Gasteiger partial charge in [0.2, 0.25) is 0 Å². The Morgan fingerprint density at radius 1 is 1.22 bits per heavy atom. The van der Waals surface area contributed by atoms with E-state index in [1.165, 1.54) is 5.56 Å². The van der Waals surface area contributed by atoms with Crippen LogP contribution in [-0.2, 0) is 9.53 Å². The number of rotatable bonds is 11. The minimum atomic E-state index is -0.406. The standard InChI is InChI=1S/C24H33NO2/c1-5-6-7-8-10-16-22(21-14-11-9-12-15-21)18-20-25-19-13-17-23(26)27-24(2,3)4/h1,6-12,14-15,22,25H,13,16-20H2,2-4H3/b7-6-,10-8-. The first-order valence-electron chi connectivity index (χ1n) is 9.67. The number of terminal acetylenes is 1. The van der Waals surface area contributed by atoms with Gasteiger partial charge in [-0.25, -0.2) is 0 Å². The van der Waals surface area contributed by atoms with Crippen molar-refractivity contribution >= 4 is 5.97 Å². The highest BCUT2D eigenvalue weighted by Crippen LogP contribution is 2.23. The Morgan fingerprint density at radius 3 is 2.63 bits per heavy atom. The van der Waals surface area contributed by atoms with E-state index >= 15 is 0 Å². The third-order valence-corrected chi connectivity index (χ3v) is 3.96. The maximum atomic E-state index is 11.7. The topological polar surface area (TPSA) is 38.3 Å². The van der Waals surface area contributed by atoms with E-state index in [2.05, 4.69) is 41.6 Å². The van der Waals surface area contributed by atoms with Crippen molar-refractivity contribution in [2.75, 3.05) is 13.1 Å². The third-order valence-electron chi connectivity index (χ3n) is 3.96. The summed E-state index contributed by atoms with van der Waals surface area (Å²) in [5, 5.41) is 3.44. The quantitative estimate of drug-likeness (QED) is 0.259. The molecule has 0 heterocycles. The lowest BCUT2D eigenvalue weighted by Gasteiger charge is -2.19. The van der Waals surface area contributed by atoms with Crippen LogP contribution >= 0.6 is 0 Å². The van der Waals surface area contributed by atoms with E-state index in [-0.39, 0.29) is 5.97 Å². The Hall–Kier alpha value is -2.31. The molecule has 1 aromatic carbocycles. The van der Waals surface area contributed by atoms with Gasteiger partial charge in [0, 0.05) is 6.42 Å². The monoisotopic (exact) mass is 367 g/mol. The summed E-state index contributed by atoms with van der Waals surface area (Å²) < 4.78 is 5.32. The fourth-order valence-electron chi connectivity index (χ4n) is 2.73. The van der Waals surface area contributed by atoms with Gasteiger partial charge in [-0.3, -0.25) is 4.79 Å². The molecule has 0 aliphatic heterocycles. The lowest BCUT2D eigenvalue weighted by molar-refractivity contribution is -0.154. The molecule has 0 radical (unpaired) electrons. The second-order valence-electron chi connectivity index (χ2n) is 7.53. The second-order valence-corrected chi connectivity index (χ2v) is 7.53. The van der Waals surface area contributed by atoms with Gasteiger partial charge in [-0.1, -0.05) is 54.5 Å². The number of allylic oxidation sites excluding steroid dienone is 4. The fraction of sp³-hybridized carbons (Fsp3) is 0.458. The summed E-state index contributed by atoms with van der Waals surface area (Å²) in [6, 6.07) is 10.6. The third kappa shape index (κ3) is 11.8. The number of ether oxygens (including phenoxy) is 1. The summed E-state index contributed by atoms with van der Waals surface area (Å²) in [5.74, 6) is 2.82. The van der Waals surface area contributed by atoms with Crippen LogP contribution in [0.4, 0.5) is 0 Å². The molecule has 0 aliphatic carbocycles. The minimum absolute atomic E-state index is 0.128. The molecular formula is C24H33NO2. The number of carbonyl (C=O) groups excluding carboxylic acids is 1. The molecule has 0 aliphatic rings. The molecule has 146 valence electrons. The summed E-state index contributed by atoms with van der Waals surface area (Å²) in [4.78, 5) is 11.7. The van der Waals surface area contributed by atoms with Crippen molar-refractivity contribution in [1.29, 1.82) is 0 Å². The normalized spacial score (nSPS) is 13.0. The van der Waals surface area contributed by atoms with Gasteiger partial charge in [0.25, 0.3) is 0 Å². The van der Waals surface area contributed by atoms with Gasteiger partial charge in [-0.2, -0.15) is 0 Å². The highest BCUT2D eigenvalue weighted by atomic mass is 16.6. The number of nitrogens with one attached hydrogen (secondary N) is 1. The summed E-state index contributed by atoms with van der Waals surface area (Å²) in [7, 11) is 0. The van der Waals surface area contributed by atoms with E-state index in [1.54, 1.807) is 6.08 Å². The molecule has 1 N–H and O–H groups in total. The molecule has 27 heavy (non-hydrogen) atoms. The first-order chi connectivity index (χ1) is 12.9. The van der Waals surface area contributed by atoms with Crippen LogP contribution < -0.4 is 5.32 Å². The van der Waals surface area contributed by atoms with Gasteiger partial charge in [0.1, 0.15) is 5.60 Å². The highest BCUT2D eigenvalue weighted by molar-refractivity contribution is 5.69. The zero-order chi connectivity index (χ0) is 20.0. The largest absolute Gasteiger partial charge is 0.460 e. The summed E-state index contributed by atoms with van der Waals surface area (Å²) >= 11 is 0. The number of benzene rings is 1. The molecule has 1 aromatic rings. The molecule has 1 atom stereocenters. The van der Waals surface area contributed by atoms with Crippen LogP contribution in [0.2, 0.25) is 0 Å². The Kier molecular flexibility index (Phi) is 10.9. The number of hydrogen-bond acceptors (Lipinski definition) is 3. The number of hydrogen-bond donors (Lipinski definition) is 1. The number of carbonyl (C=O) groups is 1. The van der Waals surface area contributed by atoms with Crippen LogP contribution in [-0.4, -0.2) is 24.7 Å². The van der Waals surface area contributed by atoms with Crippen molar-refractivity contribution in [3.8, 4) is 12.3 Å². The van der Waals surface area contributed by atoms with E-state index in [1.807, 2.05) is 39.0 Å². The molecule has 0 fully saturated rings. The Balaban J connectivity index is 2.35. The summed E-state index contributed by atoms with van der Waals surface area (Å²) in [5.41, 5.74) is 0.940. The van der Waals surface area contributed by atoms with E-state index in [0.29, 0.717) is 12.3 Å². The molecule has 3 nitrogen and oxygen atoms in total. The molecule has 1 unspecified atom stereocenters. The van der Waals surface area contributed by atoms with E-state index in [0.717, 1.165) is 32.4 Å². The second kappa shape index (κ2) is 12.9. The van der Waals surface area contributed by atoms with Gasteiger partial charge in [0.05, 0.1) is 0 Å². The predicted molar refractivity (Wildman–Crippen MR) is 113 cm³/mol. The SMILES string of the molecule is C#C/C=C\C=C/CC(CCNCCCC(=O)OC(C)(C)C)c1ccccc1. The van der Waals surface area contributed by atoms with Crippen molar-refractivity contribution in [2.45, 2.75) is 58.0 Å². The molecule has 0 aromatic heterocycles. The van der Waals surface area contributed by atoms with Gasteiger partial charge in [0.15, 0.2) is 0 Å². The van der Waals surface area contributed by atoms with Crippen molar-refractivity contribution in [2.24, 2.45) is 0 Å². The molecule has 3 heteroatoms. The van der Waals surface area contributed by atoms with Crippen molar-refractivity contribution < 1.29 is 9.53 Å². The lowest BCUT2D eigenvalue weighted by Crippen LogP contribution is -2.25. The Bertz CT molecular complexity index is 633. The average Bonchev–Trinajstić information content (AvgIpc) is 2.62. The molecule has 0 saturated heterocycles. The zero-order valence-electron chi connectivity index (χ0n) is 16.9. The molecule has 0 amide bonds. The van der Waals surface area contributed by atoms with Crippen LogP contribution in [0, 0.1) is 12.3 Å². The first-order valence-corrected chi connectivity index (χ1v) is 9.67. The van der Waals surface area contributed by atoms with Gasteiger partial charge < -0.3 is 10.1 Å². The minimum Gasteiger partial charge on any atom is -0.460 e. The van der Waals surface area contributed by atoms with Crippen molar-refractivity contribution in [3.63, 3.8) is 0 Å². The summed E-state index contributed by atoms with van der Waals surface area (Å²) in [6.07, 6.45) is 16.2. The molecular weight excluding hydrogens is 334 g/mol. The van der Waals surface area contributed by atoms with Crippen molar-refractivity contribution in [3.05, 3.63) is 60.2 Å². The van der Waals surface area contributed by atoms with E-state index in [4.69, 9.17) is 11.2 Å². The van der Waals surface area contributed by atoms with E-state index in [9.17, 15) is 4.79 Å². The van der Waals surface area contributed by atoms with Gasteiger partial charge in [-0.15, -0.1) is 6.42 Å². The molecule has 0 saturated carbocycles. The van der Waals surface area contributed by atoms with Gasteiger partial charge in [-0.05, 0) is 70.7 Å². The first kappa shape index (κ1) is 22.7. The van der Waals surface area contributed by atoms with Crippen LogP contribution in [0.1, 0.15) is 57.9 Å². The van der Waals surface area contributed by atoms with Crippen LogP contribution in [0.5, 0.6) is 0 Å². The molecule has 0 spiro atoms. The lowest BCUT2D eigenvalue weighted by atomic mass is 9.92. The average molecular weight is 368 g/mol. The van der Waals surface area contributed by atoms with Gasteiger partial charge >= 0.3 is 5.97 Å². The zero-order valence-corrected chi connectivity index (χ0v) is 16.9. The maximum absolute atomic E-state index is 11.7. The Labute approximate surface area is 164 Å². The maximum Gasteiger partial charge on any atom is 0.306 e. The van der Waals surface area contributed by atoms with Crippen LogP contribution in [0.25, 0.3) is 0 Å². The highest BCUT2D eigenvalue weighted by Gasteiger charge is 2.15. The molecule has 1 rings (SSSR count). The predicted octanol–water partition coefficient (Wildman–Crippen LogP) is 5.01.